The Morgan fingerprint density at radius 3 is 2.50 bits per heavy atom. The van der Waals surface area contributed by atoms with Crippen molar-refractivity contribution in [1.29, 1.82) is 0 Å². The lowest BCUT2D eigenvalue weighted by molar-refractivity contribution is 0.390. The van der Waals surface area contributed by atoms with Crippen LogP contribution in [-0.4, -0.2) is 5.38 Å². The summed E-state index contributed by atoms with van der Waals surface area (Å²) in [6, 6.07) is 0. The zero-order valence-electron chi connectivity index (χ0n) is 5.36. The highest BCUT2D eigenvalue weighted by atomic mass is 35.5. The second-order valence-corrected chi connectivity index (χ2v) is 3.49. The molecule has 1 heteroatoms. The van der Waals surface area contributed by atoms with E-state index in [4.69, 9.17) is 11.6 Å². The van der Waals surface area contributed by atoms with Gasteiger partial charge in [0.1, 0.15) is 0 Å². The highest BCUT2D eigenvalue weighted by Gasteiger charge is 2.15. The molecule has 0 bridgehead atoms. The molecule has 0 aromatic heterocycles. The van der Waals surface area contributed by atoms with E-state index in [9.17, 15) is 0 Å². The fourth-order valence-electron chi connectivity index (χ4n) is 1.36. The molecule has 8 heavy (non-hydrogen) atoms. The van der Waals surface area contributed by atoms with Crippen LogP contribution in [0.25, 0.3) is 0 Å². The first-order valence-corrected chi connectivity index (χ1v) is 3.86. The van der Waals surface area contributed by atoms with E-state index >= 15 is 0 Å². The summed E-state index contributed by atoms with van der Waals surface area (Å²) in [6.45, 7) is 2.29. The third-order valence-electron chi connectivity index (χ3n) is 1.87. The Hall–Kier alpha value is 0.290. The Labute approximate surface area is 56.2 Å². The smallest absolute Gasteiger partial charge is 0.0338 e. The number of alkyl halides is 1. The molecule has 1 saturated carbocycles. The van der Waals surface area contributed by atoms with Gasteiger partial charge in [-0.15, -0.1) is 11.6 Å². The lowest BCUT2D eigenvalue weighted by atomic mass is 9.91. The van der Waals surface area contributed by atoms with Gasteiger partial charge in [-0.3, -0.25) is 0 Å². The van der Waals surface area contributed by atoms with E-state index in [2.05, 4.69) is 6.92 Å². The molecule has 0 heterocycles. The van der Waals surface area contributed by atoms with Gasteiger partial charge in [0.15, 0.2) is 0 Å². The van der Waals surface area contributed by atoms with Crippen molar-refractivity contribution in [3.63, 3.8) is 0 Å². The maximum atomic E-state index is 5.91. The van der Waals surface area contributed by atoms with Gasteiger partial charge in [0.25, 0.3) is 0 Å². The summed E-state index contributed by atoms with van der Waals surface area (Å²) >= 11 is 5.91. The van der Waals surface area contributed by atoms with Crippen molar-refractivity contribution < 1.29 is 0 Å². The first kappa shape index (κ1) is 6.41. The molecule has 0 amide bonds. The van der Waals surface area contributed by atoms with Gasteiger partial charge >= 0.3 is 0 Å². The van der Waals surface area contributed by atoms with Gasteiger partial charge in [-0.05, 0) is 18.8 Å². The van der Waals surface area contributed by atoms with Gasteiger partial charge in [-0.25, -0.2) is 0 Å². The third kappa shape index (κ3) is 1.66. The second-order valence-electron chi connectivity index (χ2n) is 2.87. The SMILES string of the molecule is C[C@H]1CCC[C@H](Cl)C1. The second kappa shape index (κ2) is 2.72. The third-order valence-corrected chi connectivity index (χ3v) is 2.27. The Balaban J connectivity index is 2.23. The van der Waals surface area contributed by atoms with Crippen LogP contribution in [0.4, 0.5) is 0 Å². The van der Waals surface area contributed by atoms with Crippen molar-refractivity contribution >= 4 is 11.6 Å². The summed E-state index contributed by atoms with van der Waals surface area (Å²) in [7, 11) is 0. The molecule has 0 saturated heterocycles. The van der Waals surface area contributed by atoms with E-state index in [-0.39, 0.29) is 0 Å². The molecule has 1 aliphatic carbocycles. The van der Waals surface area contributed by atoms with Crippen molar-refractivity contribution in [3.05, 3.63) is 0 Å². The number of hydrogen-bond acceptors (Lipinski definition) is 0. The van der Waals surface area contributed by atoms with Crippen LogP contribution in [-0.2, 0) is 0 Å². The highest BCUT2D eigenvalue weighted by Crippen LogP contribution is 2.26. The van der Waals surface area contributed by atoms with E-state index in [1.54, 1.807) is 0 Å². The molecule has 0 aliphatic heterocycles. The molecule has 1 rings (SSSR count). The van der Waals surface area contributed by atoms with Crippen LogP contribution in [0, 0.1) is 5.92 Å². The van der Waals surface area contributed by atoms with Crippen molar-refractivity contribution in [1.82, 2.24) is 0 Å². The largest absolute Gasteiger partial charge is 0.123 e. The van der Waals surface area contributed by atoms with E-state index in [0.717, 1.165) is 5.92 Å². The minimum atomic E-state index is 0.485. The van der Waals surface area contributed by atoms with Crippen LogP contribution in [0.15, 0.2) is 0 Å². The summed E-state index contributed by atoms with van der Waals surface area (Å²) in [6.07, 6.45) is 5.21. The molecule has 0 aromatic carbocycles. The highest BCUT2D eigenvalue weighted by molar-refractivity contribution is 6.20. The van der Waals surface area contributed by atoms with Crippen LogP contribution < -0.4 is 0 Å². The van der Waals surface area contributed by atoms with Crippen LogP contribution >= 0.6 is 11.6 Å². The molecule has 0 radical (unpaired) electrons. The Morgan fingerprint density at radius 2 is 2.12 bits per heavy atom. The zero-order valence-corrected chi connectivity index (χ0v) is 6.12. The summed E-state index contributed by atoms with van der Waals surface area (Å²) < 4.78 is 0. The summed E-state index contributed by atoms with van der Waals surface area (Å²) in [5, 5.41) is 0.485. The van der Waals surface area contributed by atoms with Gasteiger partial charge in [0.05, 0.1) is 0 Å². The van der Waals surface area contributed by atoms with E-state index < -0.39 is 0 Å². The van der Waals surface area contributed by atoms with Crippen molar-refractivity contribution in [2.45, 2.75) is 38.0 Å². The molecule has 48 valence electrons. The summed E-state index contributed by atoms with van der Waals surface area (Å²) in [5.41, 5.74) is 0. The summed E-state index contributed by atoms with van der Waals surface area (Å²) in [5.74, 6) is 0.881. The van der Waals surface area contributed by atoms with Crippen molar-refractivity contribution in [3.8, 4) is 0 Å². The lowest BCUT2D eigenvalue weighted by Crippen LogP contribution is -2.12. The average Bonchev–Trinajstić information content (AvgIpc) is 1.64. The maximum Gasteiger partial charge on any atom is 0.0338 e. The van der Waals surface area contributed by atoms with Crippen LogP contribution in [0.2, 0.25) is 0 Å². The molecule has 2 atom stereocenters. The van der Waals surface area contributed by atoms with E-state index in [0.29, 0.717) is 5.38 Å². The molecule has 1 fully saturated rings. The van der Waals surface area contributed by atoms with Crippen LogP contribution in [0.5, 0.6) is 0 Å². The number of rotatable bonds is 0. The average molecular weight is 133 g/mol. The van der Waals surface area contributed by atoms with E-state index in [1.165, 1.54) is 25.7 Å². The lowest BCUT2D eigenvalue weighted by Gasteiger charge is -2.21. The predicted octanol–water partition coefficient (Wildman–Crippen LogP) is 2.80. The Kier molecular flexibility index (Phi) is 2.18. The van der Waals surface area contributed by atoms with Crippen molar-refractivity contribution in [2.24, 2.45) is 5.92 Å². The predicted molar refractivity (Wildman–Crippen MR) is 37.3 cm³/mol. The number of hydrogen-bond donors (Lipinski definition) is 0. The van der Waals surface area contributed by atoms with E-state index in [1.807, 2.05) is 0 Å². The minimum Gasteiger partial charge on any atom is -0.123 e. The quantitative estimate of drug-likeness (QED) is 0.445. The molecule has 0 nitrogen and oxygen atoms in total. The zero-order chi connectivity index (χ0) is 5.98. The number of halogens is 1. The molecule has 0 aromatic rings. The van der Waals surface area contributed by atoms with Gasteiger partial charge in [0.2, 0.25) is 0 Å². The first-order chi connectivity index (χ1) is 3.79. The molecule has 0 N–H and O–H groups in total. The molecular formula is C7H13Cl. The Morgan fingerprint density at radius 1 is 1.38 bits per heavy atom. The topological polar surface area (TPSA) is 0 Å². The fourth-order valence-corrected chi connectivity index (χ4v) is 1.82. The monoisotopic (exact) mass is 132 g/mol. The van der Waals surface area contributed by atoms with Crippen molar-refractivity contribution in [2.75, 3.05) is 0 Å². The maximum absolute atomic E-state index is 5.91. The van der Waals surface area contributed by atoms with Crippen LogP contribution in [0.1, 0.15) is 32.6 Å². The Bertz CT molecular complexity index is 62.8. The first-order valence-electron chi connectivity index (χ1n) is 3.43. The standard InChI is InChI=1S/C7H13Cl/c1-6-3-2-4-7(8)5-6/h6-7H,2-5H2,1H3/t6-,7-/m0/s1. The van der Waals surface area contributed by atoms with Gasteiger partial charge in [-0.2, -0.15) is 0 Å². The molecular weight excluding hydrogens is 120 g/mol. The molecule has 1 aliphatic rings. The van der Waals surface area contributed by atoms with Crippen LogP contribution in [0.3, 0.4) is 0 Å². The minimum absolute atomic E-state index is 0.485. The van der Waals surface area contributed by atoms with Gasteiger partial charge in [-0.1, -0.05) is 19.8 Å². The fraction of sp³-hybridized carbons (Fsp3) is 1.00. The molecule has 0 spiro atoms. The normalized spacial score (nSPS) is 39.8. The molecule has 0 unspecified atom stereocenters. The van der Waals surface area contributed by atoms with Gasteiger partial charge < -0.3 is 0 Å². The van der Waals surface area contributed by atoms with Gasteiger partial charge in [0, 0.05) is 5.38 Å². The summed E-state index contributed by atoms with van der Waals surface area (Å²) in [4.78, 5) is 0.